The molecule has 0 aliphatic heterocycles. The fourth-order valence-corrected chi connectivity index (χ4v) is 4.12. The van der Waals surface area contributed by atoms with E-state index in [9.17, 15) is 18.3 Å². The Morgan fingerprint density at radius 1 is 1.46 bits per heavy atom. The van der Waals surface area contributed by atoms with Gasteiger partial charge < -0.3 is 10.0 Å². The molecule has 2 aromatic heterocycles. The van der Waals surface area contributed by atoms with Crippen LogP contribution in [0.1, 0.15) is 30.1 Å². The van der Waals surface area contributed by atoms with Gasteiger partial charge in [0.05, 0.1) is 11.9 Å². The van der Waals surface area contributed by atoms with Crippen LogP contribution in [-0.2, 0) is 10.0 Å². The second kappa shape index (κ2) is 7.63. The van der Waals surface area contributed by atoms with E-state index in [2.05, 4.69) is 9.71 Å². The second-order valence-electron chi connectivity index (χ2n) is 5.21. The van der Waals surface area contributed by atoms with Crippen molar-refractivity contribution in [2.75, 3.05) is 23.2 Å². The van der Waals surface area contributed by atoms with E-state index in [1.165, 1.54) is 18.3 Å². The Bertz CT molecular complexity index is 804. The number of carbonyl (C=O) groups is 1. The molecule has 24 heavy (non-hydrogen) atoms. The molecule has 2 heterocycles. The SMILES string of the molecule is CCCCN(C)c1ncc(NS(=O)(=O)c2cccs2)cc1C(=O)O. The lowest BCUT2D eigenvalue weighted by atomic mass is 10.2. The Morgan fingerprint density at radius 2 is 2.21 bits per heavy atom. The van der Waals surface area contributed by atoms with Gasteiger partial charge in [-0.3, -0.25) is 4.72 Å². The van der Waals surface area contributed by atoms with E-state index in [1.807, 2.05) is 6.92 Å². The maximum atomic E-state index is 12.2. The molecular formula is C15H19N3O4S2. The summed E-state index contributed by atoms with van der Waals surface area (Å²) in [5.74, 6) is -0.840. The van der Waals surface area contributed by atoms with Crippen molar-refractivity contribution in [1.29, 1.82) is 0 Å². The van der Waals surface area contributed by atoms with Crippen LogP contribution in [0.25, 0.3) is 0 Å². The largest absolute Gasteiger partial charge is 0.478 e. The standard InChI is InChI=1S/C15H19N3O4S2/c1-3-4-7-18(2)14-12(15(19)20)9-11(10-16-14)17-24(21,22)13-6-5-8-23-13/h5-6,8-10,17H,3-4,7H2,1-2H3,(H,19,20). The highest BCUT2D eigenvalue weighted by molar-refractivity contribution is 7.94. The fraction of sp³-hybridized carbons (Fsp3) is 0.333. The van der Waals surface area contributed by atoms with Crippen molar-refractivity contribution in [2.24, 2.45) is 0 Å². The van der Waals surface area contributed by atoms with Crippen LogP contribution in [0.15, 0.2) is 34.0 Å². The van der Waals surface area contributed by atoms with Crippen LogP contribution in [0, 0.1) is 0 Å². The first-order valence-electron chi connectivity index (χ1n) is 7.36. The molecule has 0 saturated heterocycles. The molecule has 0 aliphatic rings. The molecule has 0 aromatic carbocycles. The molecule has 0 spiro atoms. The molecule has 0 aliphatic carbocycles. The van der Waals surface area contributed by atoms with Crippen molar-refractivity contribution in [3.05, 3.63) is 35.3 Å². The lowest BCUT2D eigenvalue weighted by Crippen LogP contribution is -2.23. The van der Waals surface area contributed by atoms with Crippen LogP contribution in [0.3, 0.4) is 0 Å². The molecule has 2 N–H and O–H groups in total. The zero-order chi connectivity index (χ0) is 17.7. The highest BCUT2D eigenvalue weighted by Crippen LogP contribution is 2.24. The van der Waals surface area contributed by atoms with Crippen LogP contribution in [0.2, 0.25) is 0 Å². The molecule has 2 rings (SSSR count). The van der Waals surface area contributed by atoms with Crippen molar-refractivity contribution in [3.63, 3.8) is 0 Å². The van der Waals surface area contributed by atoms with Crippen LogP contribution in [0.4, 0.5) is 11.5 Å². The van der Waals surface area contributed by atoms with Crippen molar-refractivity contribution >= 4 is 38.8 Å². The molecule has 9 heteroatoms. The Hall–Kier alpha value is -2.13. The Balaban J connectivity index is 2.30. The predicted molar refractivity (Wildman–Crippen MR) is 94.5 cm³/mol. The van der Waals surface area contributed by atoms with E-state index in [0.717, 1.165) is 24.2 Å². The number of carboxylic acid groups (broad SMARTS) is 1. The zero-order valence-corrected chi connectivity index (χ0v) is 15.0. The lowest BCUT2D eigenvalue weighted by Gasteiger charge is -2.20. The van der Waals surface area contributed by atoms with E-state index in [-0.39, 0.29) is 15.5 Å². The third-order valence-corrected chi connectivity index (χ3v) is 6.10. The molecule has 0 fully saturated rings. The van der Waals surface area contributed by atoms with Gasteiger partial charge in [0.2, 0.25) is 0 Å². The van der Waals surface area contributed by atoms with Gasteiger partial charge in [0.15, 0.2) is 0 Å². The van der Waals surface area contributed by atoms with Crippen LogP contribution in [0.5, 0.6) is 0 Å². The minimum atomic E-state index is -3.74. The number of aromatic carboxylic acids is 1. The number of nitrogens with zero attached hydrogens (tertiary/aromatic N) is 2. The van der Waals surface area contributed by atoms with E-state index in [0.29, 0.717) is 12.4 Å². The zero-order valence-electron chi connectivity index (χ0n) is 13.4. The summed E-state index contributed by atoms with van der Waals surface area (Å²) in [6.45, 7) is 2.71. The summed E-state index contributed by atoms with van der Waals surface area (Å²) in [6, 6.07) is 4.40. The Morgan fingerprint density at radius 3 is 2.79 bits per heavy atom. The Kier molecular flexibility index (Phi) is 5.79. The average molecular weight is 369 g/mol. The summed E-state index contributed by atoms with van der Waals surface area (Å²) in [6.07, 6.45) is 3.21. The van der Waals surface area contributed by atoms with Crippen molar-refractivity contribution in [1.82, 2.24) is 4.98 Å². The number of rotatable bonds is 8. The number of hydrogen-bond acceptors (Lipinski definition) is 6. The van der Waals surface area contributed by atoms with Crippen LogP contribution >= 0.6 is 11.3 Å². The lowest BCUT2D eigenvalue weighted by molar-refractivity contribution is 0.0697. The number of aromatic nitrogens is 1. The second-order valence-corrected chi connectivity index (χ2v) is 8.07. The number of nitrogens with one attached hydrogen (secondary N) is 1. The maximum Gasteiger partial charge on any atom is 0.339 e. The molecule has 0 radical (unpaired) electrons. The van der Waals surface area contributed by atoms with E-state index >= 15 is 0 Å². The number of hydrogen-bond donors (Lipinski definition) is 2. The number of carboxylic acids is 1. The summed E-state index contributed by atoms with van der Waals surface area (Å²) in [5.41, 5.74) is 0.0772. The summed E-state index contributed by atoms with van der Waals surface area (Å²) in [7, 11) is -1.97. The molecule has 0 saturated carbocycles. The smallest absolute Gasteiger partial charge is 0.339 e. The summed E-state index contributed by atoms with van der Waals surface area (Å²) in [4.78, 5) is 17.4. The first-order chi connectivity index (χ1) is 11.3. The number of sulfonamides is 1. The van der Waals surface area contributed by atoms with Crippen LogP contribution in [-0.4, -0.2) is 38.1 Å². The molecule has 7 nitrogen and oxygen atoms in total. The monoisotopic (exact) mass is 369 g/mol. The van der Waals surface area contributed by atoms with Gasteiger partial charge in [0, 0.05) is 13.6 Å². The minimum absolute atomic E-state index is 0.0417. The van der Waals surface area contributed by atoms with Gasteiger partial charge >= 0.3 is 5.97 Å². The first-order valence-corrected chi connectivity index (χ1v) is 9.72. The quantitative estimate of drug-likeness (QED) is 0.742. The van der Waals surface area contributed by atoms with Gasteiger partial charge in [-0.2, -0.15) is 0 Å². The van der Waals surface area contributed by atoms with Gasteiger partial charge in [-0.15, -0.1) is 11.3 Å². The highest BCUT2D eigenvalue weighted by atomic mass is 32.2. The minimum Gasteiger partial charge on any atom is -0.478 e. The molecule has 0 bridgehead atoms. The van der Waals surface area contributed by atoms with Crippen LogP contribution < -0.4 is 9.62 Å². The molecule has 130 valence electrons. The average Bonchev–Trinajstić information content (AvgIpc) is 3.07. The molecule has 2 aromatic rings. The van der Waals surface area contributed by atoms with Gasteiger partial charge in [-0.05, 0) is 23.9 Å². The van der Waals surface area contributed by atoms with Gasteiger partial charge in [0.25, 0.3) is 10.0 Å². The maximum absolute atomic E-state index is 12.2. The van der Waals surface area contributed by atoms with E-state index < -0.39 is 16.0 Å². The van der Waals surface area contributed by atoms with E-state index in [4.69, 9.17) is 0 Å². The molecule has 0 amide bonds. The Labute approximate surface area is 145 Å². The first kappa shape index (κ1) is 18.2. The fourth-order valence-electron chi connectivity index (χ4n) is 2.10. The number of thiophene rings is 1. The summed E-state index contributed by atoms with van der Waals surface area (Å²) in [5, 5.41) is 11.1. The normalized spacial score (nSPS) is 11.2. The van der Waals surface area contributed by atoms with Crippen molar-refractivity contribution < 1.29 is 18.3 Å². The number of anilines is 2. The molecule has 0 atom stereocenters. The third kappa shape index (κ3) is 4.24. The molecular weight excluding hydrogens is 350 g/mol. The highest BCUT2D eigenvalue weighted by Gasteiger charge is 2.19. The summed E-state index contributed by atoms with van der Waals surface area (Å²) >= 11 is 1.08. The van der Waals surface area contributed by atoms with Gasteiger partial charge in [-0.1, -0.05) is 19.4 Å². The number of unbranched alkanes of at least 4 members (excludes halogenated alkanes) is 1. The molecule has 0 unspecified atom stereocenters. The van der Waals surface area contributed by atoms with Crippen molar-refractivity contribution in [3.8, 4) is 0 Å². The van der Waals surface area contributed by atoms with Crippen molar-refractivity contribution in [2.45, 2.75) is 24.0 Å². The van der Waals surface area contributed by atoms with Gasteiger partial charge in [0.1, 0.15) is 15.6 Å². The summed E-state index contributed by atoms with van der Waals surface area (Å²) < 4.78 is 27.0. The van der Waals surface area contributed by atoms with Gasteiger partial charge in [-0.25, -0.2) is 18.2 Å². The number of pyridine rings is 1. The topological polar surface area (TPSA) is 99.6 Å². The van der Waals surface area contributed by atoms with E-state index in [1.54, 1.807) is 23.4 Å². The third-order valence-electron chi connectivity index (χ3n) is 3.32. The predicted octanol–water partition coefficient (Wildman–Crippen LogP) is 2.88.